The average molecular weight is 298 g/mol. The molecule has 1 N–H and O–H groups in total. The monoisotopic (exact) mass is 298 g/mol. The van der Waals surface area contributed by atoms with Gasteiger partial charge in [-0.25, -0.2) is 8.42 Å². The highest BCUT2D eigenvalue weighted by atomic mass is 32.2. The zero-order valence-corrected chi connectivity index (χ0v) is 13.2. The summed E-state index contributed by atoms with van der Waals surface area (Å²) in [7, 11) is -3.71. The largest absolute Gasteiger partial charge is 0.342 e. The molecule has 0 aliphatic heterocycles. The second kappa shape index (κ2) is 6.37. The van der Waals surface area contributed by atoms with Crippen molar-refractivity contribution in [3.63, 3.8) is 0 Å². The van der Waals surface area contributed by atoms with E-state index in [4.69, 9.17) is 0 Å². The van der Waals surface area contributed by atoms with Crippen LogP contribution in [0.4, 0.5) is 0 Å². The molecule has 0 radical (unpaired) electrons. The molecular formula is C14H22N2O3S. The maximum Gasteiger partial charge on any atom is 0.243 e. The third-order valence-electron chi connectivity index (χ3n) is 3.03. The summed E-state index contributed by atoms with van der Waals surface area (Å²) < 4.78 is 27.0. The Kier molecular flexibility index (Phi) is 5.30. The quantitative estimate of drug-likeness (QED) is 0.867. The molecule has 0 saturated heterocycles. The Balaban J connectivity index is 2.99. The third-order valence-corrected chi connectivity index (χ3v) is 4.70. The predicted molar refractivity (Wildman–Crippen MR) is 78.8 cm³/mol. The molecule has 1 amide bonds. The minimum atomic E-state index is -3.71. The number of nitrogens with one attached hydrogen (secondary N) is 1. The van der Waals surface area contributed by atoms with Gasteiger partial charge in [0.2, 0.25) is 15.9 Å². The fourth-order valence-electron chi connectivity index (χ4n) is 1.94. The minimum absolute atomic E-state index is 0.153. The van der Waals surface area contributed by atoms with Crippen molar-refractivity contribution in [2.75, 3.05) is 13.1 Å². The summed E-state index contributed by atoms with van der Waals surface area (Å²) in [6.45, 7) is 7.98. The van der Waals surface area contributed by atoms with Gasteiger partial charge in [0.15, 0.2) is 0 Å². The number of carbonyl (C=O) groups excluding carboxylic acids is 1. The molecule has 0 atom stereocenters. The van der Waals surface area contributed by atoms with Crippen LogP contribution in [0.25, 0.3) is 0 Å². The molecule has 0 fully saturated rings. The van der Waals surface area contributed by atoms with E-state index in [-0.39, 0.29) is 10.8 Å². The zero-order chi connectivity index (χ0) is 15.4. The van der Waals surface area contributed by atoms with E-state index in [9.17, 15) is 13.2 Å². The van der Waals surface area contributed by atoms with Gasteiger partial charge in [0, 0.05) is 13.1 Å². The van der Waals surface area contributed by atoms with Crippen molar-refractivity contribution in [3.05, 3.63) is 30.3 Å². The van der Waals surface area contributed by atoms with Crippen molar-refractivity contribution in [2.45, 2.75) is 38.1 Å². The van der Waals surface area contributed by atoms with E-state index in [0.29, 0.717) is 13.1 Å². The molecule has 0 unspecified atom stereocenters. The van der Waals surface area contributed by atoms with Crippen LogP contribution in [-0.2, 0) is 14.8 Å². The van der Waals surface area contributed by atoms with Crippen molar-refractivity contribution >= 4 is 15.9 Å². The number of hydrogen-bond acceptors (Lipinski definition) is 3. The van der Waals surface area contributed by atoms with Gasteiger partial charge in [0.05, 0.1) is 4.90 Å². The van der Waals surface area contributed by atoms with Crippen LogP contribution in [0, 0.1) is 0 Å². The van der Waals surface area contributed by atoms with E-state index in [1.165, 1.54) is 12.1 Å². The molecule has 0 bridgehead atoms. The number of benzene rings is 1. The minimum Gasteiger partial charge on any atom is -0.342 e. The normalized spacial score (nSPS) is 12.2. The SMILES string of the molecule is CCN(CC)C(=O)C(C)(C)NS(=O)(=O)c1ccccc1. The van der Waals surface area contributed by atoms with Crippen LogP contribution in [0.2, 0.25) is 0 Å². The Morgan fingerprint density at radius 1 is 1.15 bits per heavy atom. The van der Waals surface area contributed by atoms with Gasteiger partial charge in [-0.15, -0.1) is 0 Å². The molecule has 0 spiro atoms. The molecule has 0 aliphatic carbocycles. The lowest BCUT2D eigenvalue weighted by atomic mass is 10.1. The molecule has 1 aromatic rings. The molecule has 6 heteroatoms. The number of sulfonamides is 1. The summed E-state index contributed by atoms with van der Waals surface area (Å²) in [5.41, 5.74) is -1.18. The van der Waals surface area contributed by atoms with E-state index >= 15 is 0 Å². The number of nitrogens with zero attached hydrogens (tertiary/aromatic N) is 1. The fraction of sp³-hybridized carbons (Fsp3) is 0.500. The molecule has 1 aromatic carbocycles. The Morgan fingerprint density at radius 2 is 1.65 bits per heavy atom. The Labute approximate surface area is 121 Å². The topological polar surface area (TPSA) is 66.5 Å². The lowest BCUT2D eigenvalue weighted by Gasteiger charge is -2.31. The number of rotatable bonds is 6. The van der Waals surface area contributed by atoms with Crippen molar-refractivity contribution in [1.82, 2.24) is 9.62 Å². The van der Waals surface area contributed by atoms with Crippen molar-refractivity contribution in [3.8, 4) is 0 Å². The van der Waals surface area contributed by atoms with E-state index < -0.39 is 15.6 Å². The van der Waals surface area contributed by atoms with Gasteiger partial charge in [-0.2, -0.15) is 4.72 Å². The molecule has 0 aliphatic rings. The molecule has 1 rings (SSSR count). The highest BCUT2D eigenvalue weighted by Crippen LogP contribution is 2.15. The first kappa shape index (κ1) is 16.7. The second-order valence-electron chi connectivity index (χ2n) is 5.02. The first-order valence-electron chi connectivity index (χ1n) is 6.63. The first-order chi connectivity index (χ1) is 9.24. The highest BCUT2D eigenvalue weighted by molar-refractivity contribution is 7.89. The molecule has 5 nitrogen and oxygen atoms in total. The molecule has 0 heterocycles. The Hall–Kier alpha value is -1.40. The van der Waals surface area contributed by atoms with Gasteiger partial charge < -0.3 is 4.90 Å². The fourth-order valence-corrected chi connectivity index (χ4v) is 3.34. The number of amides is 1. The maximum absolute atomic E-state index is 12.3. The van der Waals surface area contributed by atoms with Crippen LogP contribution in [0.1, 0.15) is 27.7 Å². The van der Waals surface area contributed by atoms with Gasteiger partial charge >= 0.3 is 0 Å². The molecule has 112 valence electrons. The predicted octanol–water partition coefficient (Wildman–Crippen LogP) is 1.61. The molecule has 20 heavy (non-hydrogen) atoms. The summed E-state index contributed by atoms with van der Waals surface area (Å²) >= 11 is 0. The summed E-state index contributed by atoms with van der Waals surface area (Å²) in [5, 5.41) is 0. The van der Waals surface area contributed by atoms with E-state index in [0.717, 1.165) is 0 Å². The number of carbonyl (C=O) groups is 1. The van der Waals surface area contributed by atoms with Gasteiger partial charge in [-0.3, -0.25) is 4.79 Å². The van der Waals surface area contributed by atoms with Crippen LogP contribution >= 0.6 is 0 Å². The van der Waals surface area contributed by atoms with Crippen LogP contribution in [0.5, 0.6) is 0 Å². The lowest BCUT2D eigenvalue weighted by molar-refractivity contribution is -0.136. The first-order valence-corrected chi connectivity index (χ1v) is 8.11. The van der Waals surface area contributed by atoms with E-state index in [2.05, 4.69) is 4.72 Å². The van der Waals surface area contributed by atoms with Crippen LogP contribution in [0.15, 0.2) is 35.2 Å². The van der Waals surface area contributed by atoms with Crippen LogP contribution < -0.4 is 4.72 Å². The van der Waals surface area contributed by atoms with E-state index in [1.54, 1.807) is 36.9 Å². The Bertz CT molecular complexity index is 549. The third kappa shape index (κ3) is 3.80. The summed E-state index contributed by atoms with van der Waals surface area (Å²) in [4.78, 5) is 14.1. The smallest absolute Gasteiger partial charge is 0.243 e. The second-order valence-corrected chi connectivity index (χ2v) is 6.70. The summed E-state index contributed by atoms with van der Waals surface area (Å²) in [6, 6.07) is 8.04. The molecule has 0 aromatic heterocycles. The van der Waals surface area contributed by atoms with Crippen molar-refractivity contribution in [2.24, 2.45) is 0 Å². The van der Waals surface area contributed by atoms with Crippen LogP contribution in [0.3, 0.4) is 0 Å². The zero-order valence-electron chi connectivity index (χ0n) is 12.4. The number of likely N-dealkylation sites (N-methyl/N-ethyl adjacent to an activating group) is 1. The van der Waals surface area contributed by atoms with E-state index in [1.807, 2.05) is 13.8 Å². The van der Waals surface area contributed by atoms with Gasteiger partial charge in [-0.05, 0) is 39.8 Å². The van der Waals surface area contributed by atoms with Gasteiger partial charge in [0.1, 0.15) is 5.54 Å². The molecular weight excluding hydrogens is 276 g/mol. The van der Waals surface area contributed by atoms with Gasteiger partial charge in [-0.1, -0.05) is 18.2 Å². The maximum atomic E-state index is 12.3. The Morgan fingerprint density at radius 3 is 2.10 bits per heavy atom. The summed E-state index contributed by atoms with van der Waals surface area (Å²) in [5.74, 6) is -0.234. The highest BCUT2D eigenvalue weighted by Gasteiger charge is 2.35. The van der Waals surface area contributed by atoms with Crippen molar-refractivity contribution in [1.29, 1.82) is 0 Å². The average Bonchev–Trinajstić information content (AvgIpc) is 2.40. The summed E-state index contributed by atoms with van der Waals surface area (Å²) in [6.07, 6.45) is 0. The van der Waals surface area contributed by atoms with Crippen LogP contribution in [-0.4, -0.2) is 37.9 Å². The lowest BCUT2D eigenvalue weighted by Crippen LogP contribution is -2.55. The standard InChI is InChI=1S/C14H22N2O3S/c1-5-16(6-2)13(17)14(3,4)15-20(18,19)12-10-8-7-9-11-12/h7-11,15H,5-6H2,1-4H3. The van der Waals surface area contributed by atoms with Gasteiger partial charge in [0.25, 0.3) is 0 Å². The van der Waals surface area contributed by atoms with Crippen molar-refractivity contribution < 1.29 is 13.2 Å². The number of hydrogen-bond donors (Lipinski definition) is 1. The molecule has 0 saturated carbocycles.